The van der Waals surface area contributed by atoms with Gasteiger partial charge < -0.3 is 0 Å². The van der Waals surface area contributed by atoms with Gasteiger partial charge in [0.05, 0.1) is 5.69 Å². The number of rotatable bonds is 3. The number of thiophene rings is 1. The molecule has 0 saturated heterocycles. The summed E-state index contributed by atoms with van der Waals surface area (Å²) in [6.45, 7) is 0. The summed E-state index contributed by atoms with van der Waals surface area (Å²) in [5.74, 6) is 0.760. The third kappa shape index (κ3) is 3.10. The first-order chi connectivity index (χ1) is 11.3. The molecule has 1 aliphatic rings. The van der Waals surface area contributed by atoms with Gasteiger partial charge in [0.2, 0.25) is 5.91 Å². The highest BCUT2D eigenvalue weighted by Crippen LogP contribution is 2.44. The lowest BCUT2D eigenvalue weighted by atomic mass is 10.1. The molecule has 4 rings (SSSR count). The van der Waals surface area contributed by atoms with Crippen molar-refractivity contribution in [2.45, 2.75) is 10.6 Å². The molecule has 0 fully saturated rings. The van der Waals surface area contributed by atoms with Gasteiger partial charge in [-0.15, -0.1) is 34.4 Å². The molecular formula is C17H12N2OS3. The lowest BCUT2D eigenvalue weighted by Crippen LogP contribution is -2.07. The molecule has 0 saturated carbocycles. The zero-order valence-electron chi connectivity index (χ0n) is 12.0. The van der Waals surface area contributed by atoms with Gasteiger partial charge in [-0.3, -0.25) is 10.1 Å². The Balaban J connectivity index is 1.54. The largest absolute Gasteiger partial charge is 0.298 e. The van der Waals surface area contributed by atoms with E-state index in [0.29, 0.717) is 5.13 Å². The van der Waals surface area contributed by atoms with Gasteiger partial charge in [0.15, 0.2) is 5.13 Å². The summed E-state index contributed by atoms with van der Waals surface area (Å²) in [5, 5.41) is 5.52. The van der Waals surface area contributed by atoms with E-state index >= 15 is 0 Å². The minimum absolute atomic E-state index is 0.148. The molecule has 114 valence electrons. The normalized spacial score (nSPS) is 12.9. The topological polar surface area (TPSA) is 42.0 Å². The molecule has 0 atom stereocenters. The van der Waals surface area contributed by atoms with E-state index in [1.165, 1.54) is 9.77 Å². The predicted molar refractivity (Wildman–Crippen MR) is 99.1 cm³/mol. The summed E-state index contributed by atoms with van der Waals surface area (Å²) in [5.41, 5.74) is 2.16. The molecule has 1 amide bonds. The van der Waals surface area contributed by atoms with Gasteiger partial charge in [-0.2, -0.15) is 0 Å². The standard InChI is InChI=1S/C17H12N2OS3/c20-15(8-7-11-4-3-9-21-11)18-17-19-16-12-5-1-2-6-13(12)22-10-14(16)23-17/h1-9H,10H2,(H,18,19,20). The van der Waals surface area contributed by atoms with E-state index in [1.807, 2.05) is 47.5 Å². The van der Waals surface area contributed by atoms with Crippen molar-refractivity contribution in [3.8, 4) is 11.3 Å². The van der Waals surface area contributed by atoms with Crippen LogP contribution in [0.5, 0.6) is 0 Å². The Labute approximate surface area is 146 Å². The van der Waals surface area contributed by atoms with Crippen LogP contribution in [0.2, 0.25) is 0 Å². The summed E-state index contributed by atoms with van der Waals surface area (Å²) in [6, 6.07) is 12.2. The van der Waals surface area contributed by atoms with Crippen molar-refractivity contribution in [3.63, 3.8) is 0 Å². The number of nitrogens with one attached hydrogen (secondary N) is 1. The molecule has 6 heteroatoms. The second-order valence-corrected chi connectivity index (χ2v) is 7.99. The third-order valence-corrected chi connectivity index (χ3v) is 6.46. The van der Waals surface area contributed by atoms with Crippen molar-refractivity contribution in [1.82, 2.24) is 4.98 Å². The Bertz CT molecular complexity index is 881. The average Bonchev–Trinajstić information content (AvgIpc) is 3.22. The number of carbonyl (C=O) groups is 1. The summed E-state index contributed by atoms with van der Waals surface area (Å²) < 4.78 is 0. The monoisotopic (exact) mass is 356 g/mol. The molecule has 23 heavy (non-hydrogen) atoms. The molecular weight excluding hydrogens is 344 g/mol. The molecule has 0 spiro atoms. The summed E-state index contributed by atoms with van der Waals surface area (Å²) >= 11 is 4.98. The van der Waals surface area contributed by atoms with Gasteiger partial charge in [0.25, 0.3) is 0 Å². The number of hydrogen-bond donors (Lipinski definition) is 1. The van der Waals surface area contributed by atoms with Gasteiger partial charge in [-0.1, -0.05) is 24.3 Å². The van der Waals surface area contributed by atoms with Crippen LogP contribution in [-0.4, -0.2) is 10.9 Å². The second kappa shape index (κ2) is 6.31. The average molecular weight is 356 g/mol. The molecule has 3 aromatic rings. The number of thiazole rings is 1. The van der Waals surface area contributed by atoms with Crippen molar-refractivity contribution in [2.75, 3.05) is 5.32 Å². The number of benzene rings is 1. The summed E-state index contributed by atoms with van der Waals surface area (Å²) in [6.07, 6.45) is 3.37. The number of hydrogen-bond acceptors (Lipinski definition) is 5. The van der Waals surface area contributed by atoms with Gasteiger partial charge in [0.1, 0.15) is 0 Å². The number of nitrogens with zero attached hydrogens (tertiary/aromatic N) is 1. The molecule has 3 heterocycles. The van der Waals surface area contributed by atoms with Gasteiger partial charge in [-0.05, 0) is 23.6 Å². The number of carbonyl (C=O) groups excluding carboxylic acids is 1. The fraction of sp³-hybridized carbons (Fsp3) is 0.0588. The fourth-order valence-electron chi connectivity index (χ4n) is 2.34. The van der Waals surface area contributed by atoms with Crippen molar-refractivity contribution in [1.29, 1.82) is 0 Å². The Morgan fingerprint density at radius 2 is 2.13 bits per heavy atom. The number of thioether (sulfide) groups is 1. The second-order valence-electron chi connectivity index (χ2n) is 4.91. The van der Waals surface area contributed by atoms with Crippen LogP contribution in [0.4, 0.5) is 5.13 Å². The van der Waals surface area contributed by atoms with Crippen molar-refractivity contribution >= 4 is 51.6 Å². The van der Waals surface area contributed by atoms with E-state index in [1.54, 1.807) is 28.7 Å². The Morgan fingerprint density at radius 1 is 1.22 bits per heavy atom. The quantitative estimate of drug-likeness (QED) is 0.662. The number of fused-ring (bicyclic) bond motifs is 3. The van der Waals surface area contributed by atoms with Crippen LogP contribution in [0.3, 0.4) is 0 Å². The van der Waals surface area contributed by atoms with Crippen molar-refractivity contribution in [2.24, 2.45) is 0 Å². The minimum Gasteiger partial charge on any atom is -0.298 e. The summed E-state index contributed by atoms with van der Waals surface area (Å²) in [4.78, 5) is 20.2. The summed E-state index contributed by atoms with van der Waals surface area (Å²) in [7, 11) is 0. The van der Waals surface area contributed by atoms with Gasteiger partial charge in [0, 0.05) is 32.0 Å². The first kappa shape index (κ1) is 14.7. The van der Waals surface area contributed by atoms with Crippen LogP contribution in [0.25, 0.3) is 17.3 Å². The van der Waals surface area contributed by atoms with E-state index in [4.69, 9.17) is 0 Å². The Morgan fingerprint density at radius 3 is 3.00 bits per heavy atom. The Kier molecular flexibility index (Phi) is 4.03. The van der Waals surface area contributed by atoms with Crippen molar-refractivity contribution in [3.05, 3.63) is 57.6 Å². The predicted octanol–water partition coefficient (Wildman–Crippen LogP) is 5.13. The SMILES string of the molecule is O=C(C=Cc1cccs1)Nc1nc2c(s1)CSc1ccccc1-2. The molecule has 2 aromatic heterocycles. The van der Waals surface area contributed by atoms with Crippen molar-refractivity contribution < 1.29 is 4.79 Å². The van der Waals surface area contributed by atoms with Crippen LogP contribution in [-0.2, 0) is 10.5 Å². The maximum absolute atomic E-state index is 12.0. The number of anilines is 1. The zero-order chi connectivity index (χ0) is 15.6. The molecule has 3 nitrogen and oxygen atoms in total. The van der Waals surface area contributed by atoms with E-state index in [9.17, 15) is 4.79 Å². The highest BCUT2D eigenvalue weighted by Gasteiger charge is 2.21. The molecule has 0 unspecified atom stereocenters. The molecule has 1 aromatic carbocycles. The maximum Gasteiger partial charge on any atom is 0.250 e. The number of aromatic nitrogens is 1. The first-order valence-corrected chi connectivity index (χ1v) is 9.72. The molecule has 0 radical (unpaired) electrons. The molecule has 1 aliphatic heterocycles. The highest BCUT2D eigenvalue weighted by atomic mass is 32.2. The third-order valence-electron chi connectivity index (χ3n) is 3.37. The zero-order valence-corrected chi connectivity index (χ0v) is 14.4. The van der Waals surface area contributed by atoms with E-state index in [0.717, 1.165) is 21.9 Å². The first-order valence-electron chi connectivity index (χ1n) is 7.04. The smallest absolute Gasteiger partial charge is 0.250 e. The minimum atomic E-state index is -0.148. The van der Waals surface area contributed by atoms with Crippen LogP contribution < -0.4 is 5.32 Å². The van der Waals surface area contributed by atoms with E-state index < -0.39 is 0 Å². The lowest BCUT2D eigenvalue weighted by Gasteiger charge is -2.13. The molecule has 0 bridgehead atoms. The highest BCUT2D eigenvalue weighted by molar-refractivity contribution is 7.98. The van der Waals surface area contributed by atoms with Gasteiger partial charge in [-0.25, -0.2) is 4.98 Å². The van der Waals surface area contributed by atoms with E-state index in [2.05, 4.69) is 22.4 Å². The maximum atomic E-state index is 12.0. The molecule has 0 aliphatic carbocycles. The van der Waals surface area contributed by atoms with Crippen LogP contribution in [0.1, 0.15) is 9.75 Å². The number of amides is 1. The Hall–Kier alpha value is -1.89. The van der Waals surface area contributed by atoms with Crippen LogP contribution >= 0.6 is 34.4 Å². The van der Waals surface area contributed by atoms with E-state index in [-0.39, 0.29) is 5.91 Å². The van der Waals surface area contributed by atoms with Gasteiger partial charge >= 0.3 is 0 Å². The van der Waals surface area contributed by atoms with Crippen LogP contribution in [0, 0.1) is 0 Å². The van der Waals surface area contributed by atoms with Crippen LogP contribution in [0.15, 0.2) is 52.7 Å². The fourth-order valence-corrected chi connectivity index (χ4v) is 5.06. The lowest BCUT2D eigenvalue weighted by molar-refractivity contribution is -0.111. The molecule has 1 N–H and O–H groups in total.